The van der Waals surface area contributed by atoms with Gasteiger partial charge in [-0.3, -0.25) is 4.68 Å². The summed E-state index contributed by atoms with van der Waals surface area (Å²) in [5.41, 5.74) is 7.10. The standard InChI is InChI=1S/C12H23N3O/c1-12(2,3)16-9-10(13)5-6-11-7-8-14-15(11)4/h7-8,10H,5-6,9,13H2,1-4H3. The predicted molar refractivity (Wildman–Crippen MR) is 65.2 cm³/mol. The Morgan fingerprint density at radius 3 is 2.69 bits per heavy atom. The number of rotatable bonds is 5. The largest absolute Gasteiger partial charge is 0.374 e. The zero-order valence-electron chi connectivity index (χ0n) is 10.7. The van der Waals surface area contributed by atoms with Crippen LogP contribution in [0.15, 0.2) is 12.3 Å². The number of hydrogen-bond donors (Lipinski definition) is 1. The van der Waals surface area contributed by atoms with E-state index in [1.54, 1.807) is 0 Å². The van der Waals surface area contributed by atoms with E-state index in [0.29, 0.717) is 6.61 Å². The van der Waals surface area contributed by atoms with E-state index in [-0.39, 0.29) is 11.6 Å². The Balaban J connectivity index is 2.25. The molecule has 0 fully saturated rings. The van der Waals surface area contributed by atoms with Crippen molar-refractivity contribution in [3.8, 4) is 0 Å². The number of hydrogen-bond acceptors (Lipinski definition) is 3. The number of ether oxygens (including phenoxy) is 1. The maximum Gasteiger partial charge on any atom is 0.0624 e. The highest BCUT2D eigenvalue weighted by molar-refractivity contribution is 5.00. The van der Waals surface area contributed by atoms with E-state index in [9.17, 15) is 0 Å². The molecule has 1 heterocycles. The van der Waals surface area contributed by atoms with Crippen LogP contribution in [0.1, 0.15) is 32.9 Å². The summed E-state index contributed by atoms with van der Waals surface area (Å²) in [5.74, 6) is 0. The van der Waals surface area contributed by atoms with Crippen LogP contribution in [0.5, 0.6) is 0 Å². The van der Waals surface area contributed by atoms with Crippen LogP contribution in [0.25, 0.3) is 0 Å². The molecule has 16 heavy (non-hydrogen) atoms. The lowest BCUT2D eigenvalue weighted by atomic mass is 10.1. The van der Waals surface area contributed by atoms with Crippen molar-refractivity contribution in [3.63, 3.8) is 0 Å². The van der Waals surface area contributed by atoms with E-state index in [0.717, 1.165) is 12.8 Å². The van der Waals surface area contributed by atoms with Crippen LogP contribution in [0, 0.1) is 0 Å². The number of nitrogens with two attached hydrogens (primary N) is 1. The van der Waals surface area contributed by atoms with Gasteiger partial charge in [-0.2, -0.15) is 5.10 Å². The summed E-state index contributed by atoms with van der Waals surface area (Å²) in [7, 11) is 1.95. The minimum absolute atomic E-state index is 0.0918. The lowest BCUT2D eigenvalue weighted by Gasteiger charge is -2.22. The van der Waals surface area contributed by atoms with Crippen LogP contribution in [0.2, 0.25) is 0 Å². The van der Waals surface area contributed by atoms with E-state index >= 15 is 0 Å². The van der Waals surface area contributed by atoms with Gasteiger partial charge in [0.25, 0.3) is 0 Å². The average molecular weight is 225 g/mol. The second-order valence-electron chi connectivity index (χ2n) is 5.17. The normalized spacial score (nSPS) is 14.1. The third kappa shape index (κ3) is 4.77. The highest BCUT2D eigenvalue weighted by Crippen LogP contribution is 2.09. The summed E-state index contributed by atoms with van der Waals surface area (Å²) >= 11 is 0. The van der Waals surface area contributed by atoms with Crippen LogP contribution in [0.3, 0.4) is 0 Å². The second kappa shape index (κ2) is 5.46. The van der Waals surface area contributed by atoms with Crippen molar-refractivity contribution in [2.24, 2.45) is 12.8 Å². The molecule has 0 aliphatic rings. The molecule has 0 bridgehead atoms. The van der Waals surface area contributed by atoms with Crippen LogP contribution in [-0.2, 0) is 18.2 Å². The molecule has 1 aromatic heterocycles. The molecule has 4 heteroatoms. The van der Waals surface area contributed by atoms with Gasteiger partial charge in [0.15, 0.2) is 0 Å². The van der Waals surface area contributed by atoms with Crippen molar-refractivity contribution in [3.05, 3.63) is 18.0 Å². The van der Waals surface area contributed by atoms with Crippen molar-refractivity contribution in [1.29, 1.82) is 0 Å². The first-order valence-electron chi connectivity index (χ1n) is 5.75. The Hall–Kier alpha value is -0.870. The van der Waals surface area contributed by atoms with Crippen LogP contribution in [0.4, 0.5) is 0 Å². The quantitative estimate of drug-likeness (QED) is 0.826. The molecular weight excluding hydrogens is 202 g/mol. The fourth-order valence-corrected chi connectivity index (χ4v) is 1.42. The Morgan fingerprint density at radius 1 is 1.50 bits per heavy atom. The lowest BCUT2D eigenvalue weighted by molar-refractivity contribution is -0.0107. The molecule has 0 saturated heterocycles. The maximum atomic E-state index is 5.99. The molecular formula is C12H23N3O. The van der Waals surface area contributed by atoms with Gasteiger partial charge in [-0.25, -0.2) is 0 Å². The summed E-state index contributed by atoms with van der Waals surface area (Å²) in [6.07, 6.45) is 3.69. The van der Waals surface area contributed by atoms with Crippen LogP contribution in [-0.4, -0.2) is 28.0 Å². The van der Waals surface area contributed by atoms with Gasteiger partial charge < -0.3 is 10.5 Å². The summed E-state index contributed by atoms with van der Waals surface area (Å²) in [5, 5.41) is 4.12. The zero-order chi connectivity index (χ0) is 12.2. The summed E-state index contributed by atoms with van der Waals surface area (Å²) < 4.78 is 7.53. The summed E-state index contributed by atoms with van der Waals surface area (Å²) in [6, 6.07) is 2.12. The Kier molecular flexibility index (Phi) is 4.50. The molecule has 0 amide bonds. The fourth-order valence-electron chi connectivity index (χ4n) is 1.42. The third-order valence-electron chi connectivity index (χ3n) is 2.42. The van der Waals surface area contributed by atoms with Gasteiger partial charge in [0.05, 0.1) is 12.2 Å². The second-order valence-corrected chi connectivity index (χ2v) is 5.17. The Morgan fingerprint density at radius 2 is 2.19 bits per heavy atom. The molecule has 0 aliphatic carbocycles. The van der Waals surface area contributed by atoms with Gasteiger partial charge in [-0.15, -0.1) is 0 Å². The molecule has 1 aromatic rings. The first-order valence-corrected chi connectivity index (χ1v) is 5.75. The van der Waals surface area contributed by atoms with Gasteiger partial charge >= 0.3 is 0 Å². The number of aryl methyl sites for hydroxylation is 2. The third-order valence-corrected chi connectivity index (χ3v) is 2.42. The Bertz CT molecular complexity index is 314. The first-order chi connectivity index (χ1) is 7.38. The number of nitrogens with zero attached hydrogens (tertiary/aromatic N) is 2. The molecule has 4 nitrogen and oxygen atoms in total. The van der Waals surface area contributed by atoms with Crippen molar-refractivity contribution in [2.45, 2.75) is 45.3 Å². The average Bonchev–Trinajstić information content (AvgIpc) is 2.57. The first kappa shape index (κ1) is 13.2. The Labute approximate surface area is 97.8 Å². The minimum atomic E-state index is -0.107. The van der Waals surface area contributed by atoms with E-state index in [2.05, 4.69) is 5.10 Å². The lowest BCUT2D eigenvalue weighted by Crippen LogP contribution is -2.32. The van der Waals surface area contributed by atoms with Gasteiger partial charge in [0.2, 0.25) is 0 Å². The van der Waals surface area contributed by atoms with Gasteiger partial charge in [0, 0.05) is 25.0 Å². The van der Waals surface area contributed by atoms with Crippen molar-refractivity contribution in [2.75, 3.05) is 6.61 Å². The van der Waals surface area contributed by atoms with E-state index in [1.807, 2.05) is 44.8 Å². The fraction of sp³-hybridized carbons (Fsp3) is 0.750. The van der Waals surface area contributed by atoms with E-state index in [4.69, 9.17) is 10.5 Å². The monoisotopic (exact) mass is 225 g/mol. The van der Waals surface area contributed by atoms with Crippen molar-refractivity contribution in [1.82, 2.24) is 9.78 Å². The molecule has 1 rings (SSSR count). The molecule has 1 atom stereocenters. The summed E-state index contributed by atoms with van der Waals surface area (Å²) in [4.78, 5) is 0. The molecule has 0 spiro atoms. The minimum Gasteiger partial charge on any atom is -0.374 e. The molecule has 0 saturated carbocycles. The zero-order valence-corrected chi connectivity index (χ0v) is 10.7. The molecule has 92 valence electrons. The highest BCUT2D eigenvalue weighted by Gasteiger charge is 2.13. The molecule has 0 radical (unpaired) electrons. The molecule has 1 unspecified atom stereocenters. The maximum absolute atomic E-state index is 5.99. The highest BCUT2D eigenvalue weighted by atomic mass is 16.5. The summed E-state index contributed by atoms with van der Waals surface area (Å²) in [6.45, 7) is 6.74. The molecule has 0 aromatic carbocycles. The molecule has 0 aliphatic heterocycles. The van der Waals surface area contributed by atoms with E-state index < -0.39 is 0 Å². The van der Waals surface area contributed by atoms with Crippen molar-refractivity contribution >= 4 is 0 Å². The predicted octanol–water partition coefficient (Wildman–Crippen LogP) is 1.50. The van der Waals surface area contributed by atoms with Crippen molar-refractivity contribution < 1.29 is 4.74 Å². The van der Waals surface area contributed by atoms with E-state index in [1.165, 1.54) is 5.69 Å². The smallest absolute Gasteiger partial charge is 0.0624 e. The number of aromatic nitrogens is 2. The van der Waals surface area contributed by atoms with Gasteiger partial charge in [-0.1, -0.05) is 0 Å². The SMILES string of the molecule is Cn1nccc1CCC(N)COC(C)(C)C. The van der Waals surface area contributed by atoms with Crippen LogP contribution < -0.4 is 5.73 Å². The topological polar surface area (TPSA) is 53.1 Å². The molecule has 2 N–H and O–H groups in total. The van der Waals surface area contributed by atoms with Crippen LogP contribution >= 0.6 is 0 Å². The van der Waals surface area contributed by atoms with Gasteiger partial charge in [0.1, 0.15) is 0 Å². The van der Waals surface area contributed by atoms with Gasteiger partial charge in [-0.05, 0) is 39.7 Å².